The van der Waals surface area contributed by atoms with Crippen LogP contribution < -0.4 is 14.8 Å². The van der Waals surface area contributed by atoms with Gasteiger partial charge in [-0.25, -0.2) is 9.78 Å². The number of unbranched alkanes of at least 4 members (excludes halogenated alkanes) is 1. The molecule has 1 fully saturated rings. The number of likely N-dealkylation sites (tertiary alicyclic amines) is 1. The first-order valence-electron chi connectivity index (χ1n) is 15.8. The number of nitrogens with one attached hydrogen (secondary N) is 1. The van der Waals surface area contributed by atoms with Gasteiger partial charge in [-0.1, -0.05) is 19.9 Å². The first-order valence-corrected chi connectivity index (χ1v) is 15.8. The smallest absolute Gasteiger partial charge is 0.328 e. The van der Waals surface area contributed by atoms with Crippen molar-refractivity contribution in [1.29, 1.82) is 0 Å². The number of fused-ring (bicyclic) bond motifs is 2. The molecule has 8 heteroatoms. The summed E-state index contributed by atoms with van der Waals surface area (Å²) in [4.78, 5) is 20.8. The molecule has 0 amide bonds. The first-order chi connectivity index (χ1) is 20.1. The Morgan fingerprint density at radius 3 is 2.83 bits per heavy atom. The van der Waals surface area contributed by atoms with Gasteiger partial charge in [-0.05, 0) is 101 Å². The molecule has 2 aromatic rings. The summed E-state index contributed by atoms with van der Waals surface area (Å²) in [6.07, 6.45) is 6.13. The van der Waals surface area contributed by atoms with Crippen LogP contribution in [0.4, 0.5) is 5.82 Å². The molecule has 5 rings (SSSR count). The Morgan fingerprint density at radius 1 is 1.21 bits per heavy atom. The second-order valence-corrected chi connectivity index (χ2v) is 13.4. The van der Waals surface area contributed by atoms with Crippen LogP contribution in [-0.4, -0.2) is 66.5 Å². The molecule has 0 bridgehead atoms. The fourth-order valence-corrected chi connectivity index (χ4v) is 6.01. The third-order valence-electron chi connectivity index (χ3n) is 8.24. The minimum Gasteiger partial charge on any atom is -0.486 e. The van der Waals surface area contributed by atoms with Crippen molar-refractivity contribution in [2.45, 2.75) is 104 Å². The number of aryl methyl sites for hydroxylation is 3. The Hall–Kier alpha value is -2.84. The number of ether oxygens (including phenoxy) is 4. The summed E-state index contributed by atoms with van der Waals surface area (Å²) in [5.74, 6) is 2.45. The number of hydrogen-bond acceptors (Lipinski definition) is 8. The van der Waals surface area contributed by atoms with Crippen LogP contribution in [0, 0.1) is 12.8 Å². The molecule has 230 valence electrons. The van der Waals surface area contributed by atoms with Crippen LogP contribution in [0.3, 0.4) is 0 Å². The zero-order chi connectivity index (χ0) is 29.9. The Balaban J connectivity index is 1.22. The highest BCUT2D eigenvalue weighted by molar-refractivity contribution is 5.80. The van der Waals surface area contributed by atoms with Crippen molar-refractivity contribution in [1.82, 2.24) is 9.88 Å². The summed E-state index contributed by atoms with van der Waals surface area (Å²) in [6, 6.07) is 7.84. The average molecular weight is 580 g/mol. The maximum Gasteiger partial charge on any atom is 0.328 e. The molecular formula is C34H49N3O5. The van der Waals surface area contributed by atoms with Gasteiger partial charge in [0.15, 0.2) is 11.5 Å². The number of benzene rings is 1. The second-order valence-electron chi connectivity index (χ2n) is 13.4. The molecule has 0 spiro atoms. The largest absolute Gasteiger partial charge is 0.486 e. The molecule has 4 heterocycles. The van der Waals surface area contributed by atoms with Crippen molar-refractivity contribution >= 4 is 11.8 Å². The number of anilines is 1. The highest BCUT2D eigenvalue weighted by Crippen LogP contribution is 2.43. The van der Waals surface area contributed by atoms with E-state index in [0.29, 0.717) is 31.3 Å². The topological polar surface area (TPSA) is 82.2 Å². The van der Waals surface area contributed by atoms with E-state index in [0.717, 1.165) is 67.8 Å². The van der Waals surface area contributed by atoms with Crippen molar-refractivity contribution in [3.63, 3.8) is 0 Å². The Bertz CT molecular complexity index is 1240. The molecule has 8 nitrogen and oxygen atoms in total. The van der Waals surface area contributed by atoms with E-state index >= 15 is 0 Å². The van der Waals surface area contributed by atoms with E-state index in [1.54, 1.807) is 0 Å². The summed E-state index contributed by atoms with van der Waals surface area (Å²) < 4.78 is 24.9. The molecule has 42 heavy (non-hydrogen) atoms. The maximum absolute atomic E-state index is 13.8. The van der Waals surface area contributed by atoms with Crippen molar-refractivity contribution in [2.24, 2.45) is 5.92 Å². The monoisotopic (exact) mass is 579 g/mol. The lowest BCUT2D eigenvalue weighted by Crippen LogP contribution is -2.39. The number of nitrogens with zero attached hydrogens (tertiary/aromatic N) is 2. The van der Waals surface area contributed by atoms with Gasteiger partial charge in [0.1, 0.15) is 30.2 Å². The predicted octanol–water partition coefficient (Wildman–Crippen LogP) is 6.04. The fraction of sp³-hybridized carbons (Fsp3) is 0.647. The lowest BCUT2D eigenvalue weighted by atomic mass is 9.99. The molecule has 1 saturated heterocycles. The summed E-state index contributed by atoms with van der Waals surface area (Å²) in [5, 5.41) is 3.43. The molecule has 1 aromatic heterocycles. The summed E-state index contributed by atoms with van der Waals surface area (Å²) in [6.45, 7) is 15.6. The number of carbonyl (C=O) groups is 1. The Labute approximate surface area is 251 Å². The van der Waals surface area contributed by atoms with Gasteiger partial charge in [-0.2, -0.15) is 0 Å². The van der Waals surface area contributed by atoms with E-state index in [9.17, 15) is 4.79 Å². The molecule has 1 unspecified atom stereocenters. The van der Waals surface area contributed by atoms with Crippen LogP contribution in [0.25, 0.3) is 0 Å². The standard InChI is InChI=1S/C34H49N3O5/c1-22(2)29-21-40-28-19-23(3)18-27(31(28)41-29)30(33(38)42-34(4,5)6)37-16-14-26(20-37)39-17-8-7-11-25-13-12-24-10-9-15-35-32(24)36-25/h12-13,18-19,22,26,29-30H,7-11,14-17,20-21H2,1-6H3,(H,35,36)/t26-,29+,30?/m1/s1. The van der Waals surface area contributed by atoms with Gasteiger partial charge in [0.2, 0.25) is 0 Å². The van der Waals surface area contributed by atoms with E-state index in [4.69, 9.17) is 23.9 Å². The number of rotatable bonds is 10. The predicted molar refractivity (Wildman–Crippen MR) is 164 cm³/mol. The molecular weight excluding hydrogens is 530 g/mol. The van der Waals surface area contributed by atoms with Crippen molar-refractivity contribution in [3.05, 3.63) is 46.6 Å². The SMILES string of the molecule is Cc1cc2c(c(C(C(=O)OC(C)(C)C)N3CC[C@@H](OCCCCc4ccc5c(n4)NCCC5)C3)c1)O[C@H](C(C)C)CO2. The van der Waals surface area contributed by atoms with Crippen LogP contribution in [0.15, 0.2) is 24.3 Å². The van der Waals surface area contributed by atoms with E-state index in [2.05, 4.69) is 42.3 Å². The van der Waals surface area contributed by atoms with Gasteiger partial charge >= 0.3 is 5.97 Å². The third kappa shape index (κ3) is 7.56. The molecule has 3 atom stereocenters. The number of pyridine rings is 1. The molecule has 0 saturated carbocycles. The van der Waals surface area contributed by atoms with Gasteiger partial charge in [0.05, 0.1) is 6.10 Å². The normalized spacial score (nSPS) is 21.1. The zero-order valence-electron chi connectivity index (χ0n) is 26.3. The fourth-order valence-electron chi connectivity index (χ4n) is 6.01. The first kappa shape index (κ1) is 30.6. The van der Waals surface area contributed by atoms with Crippen molar-refractivity contribution in [2.75, 3.05) is 38.2 Å². The van der Waals surface area contributed by atoms with Gasteiger partial charge in [0.25, 0.3) is 0 Å². The Kier molecular flexibility index (Phi) is 9.63. The minimum absolute atomic E-state index is 0.0688. The quantitative estimate of drug-likeness (QED) is 0.270. The molecule has 0 radical (unpaired) electrons. The second kappa shape index (κ2) is 13.2. The average Bonchev–Trinajstić information content (AvgIpc) is 3.39. The van der Waals surface area contributed by atoms with Crippen LogP contribution in [0.5, 0.6) is 11.5 Å². The molecule has 1 aromatic carbocycles. The summed E-state index contributed by atoms with van der Waals surface area (Å²) in [5.41, 5.74) is 3.71. The van der Waals surface area contributed by atoms with Crippen molar-refractivity contribution in [3.8, 4) is 11.5 Å². The van der Waals surface area contributed by atoms with Crippen LogP contribution in [0.1, 0.15) is 88.7 Å². The number of esters is 1. The molecule has 0 aliphatic carbocycles. The van der Waals surface area contributed by atoms with Crippen LogP contribution >= 0.6 is 0 Å². The maximum atomic E-state index is 13.8. The third-order valence-corrected chi connectivity index (χ3v) is 8.24. The lowest BCUT2D eigenvalue weighted by molar-refractivity contribution is -0.161. The van der Waals surface area contributed by atoms with Gasteiger partial charge in [0, 0.05) is 37.5 Å². The van der Waals surface area contributed by atoms with E-state index in [1.165, 1.54) is 12.0 Å². The molecule has 3 aliphatic heterocycles. The number of hydrogen-bond donors (Lipinski definition) is 1. The number of carbonyl (C=O) groups excluding carboxylic acids is 1. The summed E-state index contributed by atoms with van der Waals surface area (Å²) >= 11 is 0. The summed E-state index contributed by atoms with van der Waals surface area (Å²) in [7, 11) is 0. The lowest BCUT2D eigenvalue weighted by Gasteiger charge is -2.35. The van der Waals surface area contributed by atoms with E-state index < -0.39 is 11.6 Å². The number of aromatic nitrogens is 1. The molecule has 3 aliphatic rings. The van der Waals surface area contributed by atoms with Gasteiger partial charge in [-0.15, -0.1) is 0 Å². The highest BCUT2D eigenvalue weighted by atomic mass is 16.6. The van der Waals surface area contributed by atoms with Gasteiger partial charge in [-0.3, -0.25) is 4.90 Å². The molecule has 1 N–H and O–H groups in total. The van der Waals surface area contributed by atoms with Crippen LogP contribution in [-0.2, 0) is 27.1 Å². The van der Waals surface area contributed by atoms with E-state index in [-0.39, 0.29) is 24.1 Å². The highest BCUT2D eigenvalue weighted by Gasteiger charge is 2.40. The van der Waals surface area contributed by atoms with Gasteiger partial charge < -0.3 is 24.3 Å². The van der Waals surface area contributed by atoms with Crippen LogP contribution in [0.2, 0.25) is 0 Å². The zero-order valence-corrected chi connectivity index (χ0v) is 26.3. The van der Waals surface area contributed by atoms with Crippen molar-refractivity contribution < 1.29 is 23.7 Å². The minimum atomic E-state index is -0.602. The Morgan fingerprint density at radius 2 is 2.05 bits per heavy atom. The van der Waals surface area contributed by atoms with E-state index in [1.807, 2.05) is 33.8 Å².